The third kappa shape index (κ3) is 3.12. The van der Waals surface area contributed by atoms with Gasteiger partial charge < -0.3 is 15.2 Å². The Bertz CT molecular complexity index is 317. The summed E-state index contributed by atoms with van der Waals surface area (Å²) in [6.07, 6.45) is 1.48. The summed E-state index contributed by atoms with van der Waals surface area (Å²) in [5.41, 5.74) is 0.832. The van der Waals surface area contributed by atoms with E-state index in [1.165, 1.54) is 0 Å². The summed E-state index contributed by atoms with van der Waals surface area (Å²) in [4.78, 5) is 1.13. The standard InChI is InChI=1S/C11H17NO2S/c1-12-7-10(13)9-6-8(15-3)4-5-11(9)14-2/h4-6,10,12-13H,7H2,1-3H3. The molecule has 1 unspecified atom stereocenters. The molecule has 0 spiro atoms. The van der Waals surface area contributed by atoms with Gasteiger partial charge in [0.15, 0.2) is 0 Å². The van der Waals surface area contributed by atoms with Crippen molar-refractivity contribution in [2.45, 2.75) is 11.0 Å². The number of aliphatic hydroxyl groups is 1. The average molecular weight is 227 g/mol. The molecule has 84 valence electrons. The lowest BCUT2D eigenvalue weighted by molar-refractivity contribution is 0.173. The zero-order valence-corrected chi connectivity index (χ0v) is 10.1. The van der Waals surface area contributed by atoms with Gasteiger partial charge in [-0.05, 0) is 31.5 Å². The van der Waals surface area contributed by atoms with Gasteiger partial charge in [-0.3, -0.25) is 0 Å². The average Bonchev–Trinajstić information content (AvgIpc) is 2.28. The fourth-order valence-corrected chi connectivity index (χ4v) is 1.85. The van der Waals surface area contributed by atoms with Crippen LogP contribution < -0.4 is 10.1 Å². The number of rotatable bonds is 5. The summed E-state index contributed by atoms with van der Waals surface area (Å²) >= 11 is 1.65. The second-order valence-corrected chi connectivity index (χ2v) is 4.06. The van der Waals surface area contributed by atoms with E-state index in [0.717, 1.165) is 16.2 Å². The topological polar surface area (TPSA) is 41.5 Å². The predicted molar refractivity (Wildman–Crippen MR) is 63.7 cm³/mol. The number of likely N-dealkylation sites (N-methyl/N-ethyl adjacent to an activating group) is 1. The molecule has 1 aromatic carbocycles. The molecule has 0 radical (unpaired) electrons. The van der Waals surface area contributed by atoms with Crippen molar-refractivity contribution in [1.82, 2.24) is 5.32 Å². The van der Waals surface area contributed by atoms with Crippen LogP contribution in [0.25, 0.3) is 0 Å². The number of ether oxygens (including phenoxy) is 1. The molecule has 0 heterocycles. The van der Waals surface area contributed by atoms with Gasteiger partial charge >= 0.3 is 0 Å². The van der Waals surface area contributed by atoms with E-state index in [1.807, 2.05) is 31.5 Å². The number of nitrogens with one attached hydrogen (secondary N) is 1. The summed E-state index contributed by atoms with van der Waals surface area (Å²) < 4.78 is 5.22. The molecule has 4 heteroatoms. The molecule has 15 heavy (non-hydrogen) atoms. The Morgan fingerprint density at radius 3 is 2.80 bits per heavy atom. The minimum atomic E-state index is -0.531. The molecule has 0 bridgehead atoms. The van der Waals surface area contributed by atoms with Gasteiger partial charge in [-0.2, -0.15) is 0 Å². The van der Waals surface area contributed by atoms with E-state index in [9.17, 15) is 5.11 Å². The number of hydrogen-bond acceptors (Lipinski definition) is 4. The molecule has 1 atom stereocenters. The number of methoxy groups -OCH3 is 1. The molecule has 0 amide bonds. The van der Waals surface area contributed by atoms with Crippen LogP contribution in [0.2, 0.25) is 0 Å². The van der Waals surface area contributed by atoms with Gasteiger partial charge in [0.25, 0.3) is 0 Å². The number of aliphatic hydroxyl groups excluding tert-OH is 1. The predicted octanol–water partition coefficient (Wildman–Crippen LogP) is 1.67. The van der Waals surface area contributed by atoms with Gasteiger partial charge in [0.05, 0.1) is 13.2 Å². The van der Waals surface area contributed by atoms with Crippen molar-refractivity contribution in [3.05, 3.63) is 23.8 Å². The zero-order valence-electron chi connectivity index (χ0n) is 9.28. The molecule has 0 saturated heterocycles. The number of hydrogen-bond donors (Lipinski definition) is 2. The molecular formula is C11H17NO2S. The quantitative estimate of drug-likeness (QED) is 0.751. The highest BCUT2D eigenvalue weighted by Crippen LogP contribution is 2.29. The summed E-state index contributed by atoms with van der Waals surface area (Å²) in [5, 5.41) is 12.8. The van der Waals surface area contributed by atoms with Crippen LogP contribution in [0.15, 0.2) is 23.1 Å². The van der Waals surface area contributed by atoms with E-state index >= 15 is 0 Å². The largest absolute Gasteiger partial charge is 0.496 e. The van der Waals surface area contributed by atoms with Crippen molar-refractivity contribution in [3.8, 4) is 5.75 Å². The minimum Gasteiger partial charge on any atom is -0.496 e. The Kier molecular flexibility index (Phi) is 4.94. The van der Waals surface area contributed by atoms with E-state index in [2.05, 4.69) is 5.32 Å². The van der Waals surface area contributed by atoms with Gasteiger partial charge in [-0.15, -0.1) is 11.8 Å². The second-order valence-electron chi connectivity index (χ2n) is 3.18. The molecule has 0 aliphatic carbocycles. The minimum absolute atomic E-state index is 0.522. The van der Waals surface area contributed by atoms with Gasteiger partial charge in [0.1, 0.15) is 5.75 Å². The van der Waals surface area contributed by atoms with Gasteiger partial charge in [-0.25, -0.2) is 0 Å². The van der Waals surface area contributed by atoms with E-state index < -0.39 is 6.10 Å². The van der Waals surface area contributed by atoms with E-state index in [1.54, 1.807) is 18.9 Å². The van der Waals surface area contributed by atoms with Gasteiger partial charge in [0, 0.05) is 17.0 Å². The normalized spacial score (nSPS) is 12.5. The van der Waals surface area contributed by atoms with E-state index in [0.29, 0.717) is 6.54 Å². The first-order valence-corrected chi connectivity index (χ1v) is 6.00. The Balaban J connectivity index is 3.00. The fraction of sp³-hybridized carbons (Fsp3) is 0.455. The first kappa shape index (κ1) is 12.4. The molecule has 3 nitrogen and oxygen atoms in total. The van der Waals surface area contributed by atoms with Crippen molar-refractivity contribution in [1.29, 1.82) is 0 Å². The molecule has 0 fully saturated rings. The maximum atomic E-state index is 9.90. The summed E-state index contributed by atoms with van der Waals surface area (Å²) in [6, 6.07) is 5.84. The molecule has 2 N–H and O–H groups in total. The Morgan fingerprint density at radius 1 is 1.53 bits per heavy atom. The van der Waals surface area contributed by atoms with Crippen molar-refractivity contribution in [2.24, 2.45) is 0 Å². The summed E-state index contributed by atoms with van der Waals surface area (Å²) in [7, 11) is 3.43. The molecule has 0 saturated carbocycles. The number of thioether (sulfide) groups is 1. The smallest absolute Gasteiger partial charge is 0.124 e. The molecule has 0 aromatic heterocycles. The summed E-state index contributed by atoms with van der Waals surface area (Å²) in [5.74, 6) is 0.732. The van der Waals surface area contributed by atoms with Crippen LogP contribution in [0.5, 0.6) is 5.75 Å². The van der Waals surface area contributed by atoms with Crippen LogP contribution in [0.1, 0.15) is 11.7 Å². The second kappa shape index (κ2) is 6.00. The van der Waals surface area contributed by atoms with E-state index in [-0.39, 0.29) is 0 Å². The Labute approximate surface area is 94.8 Å². The monoisotopic (exact) mass is 227 g/mol. The SMILES string of the molecule is CNCC(O)c1cc(SC)ccc1OC. The van der Waals surface area contributed by atoms with E-state index in [4.69, 9.17) is 4.74 Å². The Hall–Kier alpha value is -0.710. The lowest BCUT2D eigenvalue weighted by Crippen LogP contribution is -2.17. The van der Waals surface area contributed by atoms with Gasteiger partial charge in [0.2, 0.25) is 0 Å². The first-order chi connectivity index (χ1) is 7.22. The first-order valence-electron chi connectivity index (χ1n) is 4.77. The summed E-state index contributed by atoms with van der Waals surface area (Å²) in [6.45, 7) is 0.522. The highest BCUT2D eigenvalue weighted by molar-refractivity contribution is 7.98. The third-order valence-corrected chi connectivity index (χ3v) is 2.92. The van der Waals surface area contributed by atoms with Crippen LogP contribution in [0.3, 0.4) is 0 Å². The van der Waals surface area contributed by atoms with Crippen LogP contribution >= 0.6 is 11.8 Å². The zero-order chi connectivity index (χ0) is 11.3. The maximum absolute atomic E-state index is 9.90. The van der Waals surface area contributed by atoms with Crippen molar-refractivity contribution in [3.63, 3.8) is 0 Å². The molecule has 1 aromatic rings. The Morgan fingerprint density at radius 2 is 2.27 bits per heavy atom. The van der Waals surface area contributed by atoms with Gasteiger partial charge in [-0.1, -0.05) is 0 Å². The molecule has 0 aliphatic heterocycles. The molecule has 0 aliphatic rings. The maximum Gasteiger partial charge on any atom is 0.124 e. The molecule has 1 rings (SSSR count). The van der Waals surface area contributed by atoms with Crippen LogP contribution in [0, 0.1) is 0 Å². The lowest BCUT2D eigenvalue weighted by atomic mass is 10.1. The fourth-order valence-electron chi connectivity index (χ4n) is 1.40. The van der Waals surface area contributed by atoms with Crippen molar-refractivity contribution in [2.75, 3.05) is 27.0 Å². The highest BCUT2D eigenvalue weighted by atomic mass is 32.2. The highest BCUT2D eigenvalue weighted by Gasteiger charge is 2.12. The van der Waals surface area contributed by atoms with Crippen LogP contribution in [-0.2, 0) is 0 Å². The van der Waals surface area contributed by atoms with Crippen molar-refractivity contribution >= 4 is 11.8 Å². The van der Waals surface area contributed by atoms with Crippen molar-refractivity contribution < 1.29 is 9.84 Å². The lowest BCUT2D eigenvalue weighted by Gasteiger charge is -2.15. The molecular weight excluding hydrogens is 210 g/mol. The number of benzene rings is 1. The van der Waals surface area contributed by atoms with Crippen LogP contribution in [0.4, 0.5) is 0 Å². The third-order valence-electron chi connectivity index (χ3n) is 2.19. The van der Waals surface area contributed by atoms with Crippen LogP contribution in [-0.4, -0.2) is 32.1 Å².